The lowest BCUT2D eigenvalue weighted by Gasteiger charge is -2.35. The number of fused-ring (bicyclic) bond motifs is 2. The van der Waals surface area contributed by atoms with Crippen molar-refractivity contribution in [2.45, 2.75) is 31.5 Å². The molecule has 4 nitrogen and oxygen atoms in total. The standard InChI is InChI=1S/C17H22N2O2/c1-2-6-17-13(4-1)8-15(21-17)9-18-10-16-11-19-7-3-5-14(19)12-20-16/h1-2,4,6,8,14,16,18H,3,5,7,9-12H2. The van der Waals surface area contributed by atoms with Gasteiger partial charge in [-0.15, -0.1) is 0 Å². The minimum atomic E-state index is 0.309. The van der Waals surface area contributed by atoms with E-state index in [1.165, 1.54) is 24.8 Å². The maximum Gasteiger partial charge on any atom is 0.134 e. The van der Waals surface area contributed by atoms with Crippen molar-refractivity contribution in [2.75, 3.05) is 26.2 Å². The van der Waals surface area contributed by atoms with Crippen molar-refractivity contribution >= 4 is 11.0 Å². The van der Waals surface area contributed by atoms with Crippen molar-refractivity contribution in [2.24, 2.45) is 0 Å². The van der Waals surface area contributed by atoms with E-state index in [0.29, 0.717) is 12.1 Å². The van der Waals surface area contributed by atoms with Crippen LogP contribution in [-0.4, -0.2) is 43.3 Å². The zero-order chi connectivity index (χ0) is 14.1. The van der Waals surface area contributed by atoms with Gasteiger partial charge in [-0.1, -0.05) is 18.2 Å². The Kier molecular flexibility index (Phi) is 3.67. The number of hydrogen-bond donors (Lipinski definition) is 1. The monoisotopic (exact) mass is 286 g/mol. The molecule has 3 heterocycles. The van der Waals surface area contributed by atoms with Crippen LogP contribution >= 0.6 is 0 Å². The Hall–Kier alpha value is -1.36. The largest absolute Gasteiger partial charge is 0.460 e. The first kappa shape index (κ1) is 13.3. The molecule has 0 bridgehead atoms. The Morgan fingerprint density at radius 2 is 2.24 bits per heavy atom. The van der Waals surface area contributed by atoms with E-state index in [4.69, 9.17) is 9.15 Å². The first-order chi connectivity index (χ1) is 10.4. The molecule has 0 saturated carbocycles. The third kappa shape index (κ3) is 2.84. The highest BCUT2D eigenvalue weighted by Crippen LogP contribution is 2.22. The molecule has 2 aromatic rings. The highest BCUT2D eigenvalue weighted by atomic mass is 16.5. The van der Waals surface area contributed by atoms with Crippen molar-refractivity contribution in [3.63, 3.8) is 0 Å². The van der Waals surface area contributed by atoms with Crippen molar-refractivity contribution < 1.29 is 9.15 Å². The molecule has 1 N–H and O–H groups in total. The molecule has 21 heavy (non-hydrogen) atoms. The van der Waals surface area contributed by atoms with Crippen LogP contribution in [0.4, 0.5) is 0 Å². The highest BCUT2D eigenvalue weighted by molar-refractivity contribution is 5.77. The fourth-order valence-electron chi connectivity index (χ4n) is 3.49. The second kappa shape index (κ2) is 5.79. The van der Waals surface area contributed by atoms with Gasteiger partial charge in [0.2, 0.25) is 0 Å². The van der Waals surface area contributed by atoms with Crippen molar-refractivity contribution in [1.29, 1.82) is 0 Å². The summed E-state index contributed by atoms with van der Waals surface area (Å²) in [4.78, 5) is 2.58. The topological polar surface area (TPSA) is 37.6 Å². The molecular formula is C17H22N2O2. The molecule has 0 radical (unpaired) electrons. The summed E-state index contributed by atoms with van der Waals surface area (Å²) in [6.07, 6.45) is 2.94. The lowest BCUT2D eigenvalue weighted by atomic mass is 10.2. The molecule has 2 unspecified atom stereocenters. The van der Waals surface area contributed by atoms with Gasteiger partial charge in [0.25, 0.3) is 0 Å². The maximum atomic E-state index is 5.95. The van der Waals surface area contributed by atoms with E-state index in [0.717, 1.165) is 37.6 Å². The second-order valence-electron chi connectivity index (χ2n) is 6.13. The molecule has 1 aromatic carbocycles. The molecule has 2 aliphatic rings. The minimum absolute atomic E-state index is 0.309. The Morgan fingerprint density at radius 3 is 3.19 bits per heavy atom. The van der Waals surface area contributed by atoms with Gasteiger partial charge in [-0.25, -0.2) is 0 Å². The van der Waals surface area contributed by atoms with E-state index in [2.05, 4.69) is 22.3 Å². The van der Waals surface area contributed by atoms with Crippen LogP contribution in [0.15, 0.2) is 34.7 Å². The van der Waals surface area contributed by atoms with Crippen molar-refractivity contribution in [3.05, 3.63) is 36.1 Å². The summed E-state index contributed by atoms with van der Waals surface area (Å²) < 4.78 is 11.8. The van der Waals surface area contributed by atoms with Gasteiger partial charge in [0.1, 0.15) is 11.3 Å². The van der Waals surface area contributed by atoms with E-state index in [1.54, 1.807) is 0 Å². The third-order valence-electron chi connectivity index (χ3n) is 4.61. The average Bonchev–Trinajstić information content (AvgIpc) is 3.12. The number of para-hydroxylation sites is 1. The molecule has 2 fully saturated rings. The Labute approximate surface area is 125 Å². The summed E-state index contributed by atoms with van der Waals surface area (Å²) in [5.41, 5.74) is 0.961. The molecule has 0 amide bonds. The molecule has 4 heteroatoms. The fraction of sp³-hybridized carbons (Fsp3) is 0.529. The Morgan fingerprint density at radius 1 is 1.29 bits per heavy atom. The number of furan rings is 1. The SMILES string of the molecule is c1ccc2oc(CNCC3CN4CCCC4CO3)cc2c1. The summed E-state index contributed by atoms with van der Waals surface area (Å²) in [5, 5.41) is 4.64. The summed E-state index contributed by atoms with van der Waals surface area (Å²) in [7, 11) is 0. The van der Waals surface area contributed by atoms with Crippen LogP contribution in [0.1, 0.15) is 18.6 Å². The molecule has 2 aliphatic heterocycles. The predicted octanol–water partition coefficient (Wildman–Crippen LogP) is 2.39. The van der Waals surface area contributed by atoms with Gasteiger partial charge in [-0.3, -0.25) is 4.90 Å². The summed E-state index contributed by atoms with van der Waals surface area (Å²) in [6.45, 7) is 4.86. The van der Waals surface area contributed by atoms with Gasteiger partial charge in [0.05, 0.1) is 19.3 Å². The Bertz CT molecular complexity index is 577. The van der Waals surface area contributed by atoms with E-state index in [-0.39, 0.29) is 0 Å². The van der Waals surface area contributed by atoms with Crippen LogP contribution in [0.3, 0.4) is 0 Å². The average molecular weight is 286 g/mol. The minimum Gasteiger partial charge on any atom is -0.460 e. The second-order valence-corrected chi connectivity index (χ2v) is 6.13. The molecule has 1 aromatic heterocycles. The van der Waals surface area contributed by atoms with E-state index >= 15 is 0 Å². The van der Waals surface area contributed by atoms with Gasteiger partial charge in [0.15, 0.2) is 0 Å². The van der Waals surface area contributed by atoms with Gasteiger partial charge in [-0.2, -0.15) is 0 Å². The number of rotatable bonds is 4. The van der Waals surface area contributed by atoms with Crippen LogP contribution in [0.2, 0.25) is 0 Å². The molecule has 0 aliphatic carbocycles. The van der Waals surface area contributed by atoms with E-state index in [9.17, 15) is 0 Å². The van der Waals surface area contributed by atoms with Crippen molar-refractivity contribution in [3.8, 4) is 0 Å². The van der Waals surface area contributed by atoms with E-state index < -0.39 is 0 Å². The lowest BCUT2D eigenvalue weighted by molar-refractivity contribution is -0.0471. The number of benzene rings is 1. The molecule has 2 atom stereocenters. The van der Waals surface area contributed by atoms with Gasteiger partial charge in [-0.05, 0) is 31.5 Å². The summed E-state index contributed by atoms with van der Waals surface area (Å²) >= 11 is 0. The van der Waals surface area contributed by atoms with Crippen LogP contribution < -0.4 is 5.32 Å². The lowest BCUT2D eigenvalue weighted by Crippen LogP contribution is -2.49. The highest BCUT2D eigenvalue weighted by Gasteiger charge is 2.31. The van der Waals surface area contributed by atoms with Crippen LogP contribution in [0.25, 0.3) is 11.0 Å². The first-order valence-electron chi connectivity index (χ1n) is 7.92. The summed E-state index contributed by atoms with van der Waals surface area (Å²) in [6, 6.07) is 10.9. The quantitative estimate of drug-likeness (QED) is 0.936. The van der Waals surface area contributed by atoms with Crippen LogP contribution in [-0.2, 0) is 11.3 Å². The summed E-state index contributed by atoms with van der Waals surface area (Å²) in [5.74, 6) is 0.992. The van der Waals surface area contributed by atoms with E-state index in [1.807, 2.05) is 18.2 Å². The smallest absolute Gasteiger partial charge is 0.134 e. The number of morpholine rings is 1. The van der Waals surface area contributed by atoms with Crippen LogP contribution in [0, 0.1) is 0 Å². The third-order valence-corrected chi connectivity index (χ3v) is 4.61. The molecule has 0 spiro atoms. The molecule has 4 rings (SSSR count). The molecule has 112 valence electrons. The van der Waals surface area contributed by atoms with Gasteiger partial charge in [0, 0.05) is 24.5 Å². The van der Waals surface area contributed by atoms with Gasteiger partial charge < -0.3 is 14.5 Å². The number of nitrogens with zero attached hydrogens (tertiary/aromatic N) is 1. The maximum absolute atomic E-state index is 5.95. The fourth-order valence-corrected chi connectivity index (χ4v) is 3.49. The predicted molar refractivity (Wildman–Crippen MR) is 82.3 cm³/mol. The zero-order valence-corrected chi connectivity index (χ0v) is 12.3. The van der Waals surface area contributed by atoms with Crippen LogP contribution in [0.5, 0.6) is 0 Å². The number of nitrogens with one attached hydrogen (secondary N) is 1. The normalized spacial score (nSPS) is 26.3. The molecular weight excluding hydrogens is 264 g/mol. The first-order valence-corrected chi connectivity index (χ1v) is 7.92. The van der Waals surface area contributed by atoms with Crippen molar-refractivity contribution in [1.82, 2.24) is 10.2 Å². The molecule has 2 saturated heterocycles. The Balaban J connectivity index is 1.29. The zero-order valence-electron chi connectivity index (χ0n) is 12.3. The van der Waals surface area contributed by atoms with Gasteiger partial charge >= 0.3 is 0 Å². The number of hydrogen-bond acceptors (Lipinski definition) is 4. The number of ether oxygens (including phenoxy) is 1.